The standard InChI is InChI=1S/C20H21FN4O2S/c1-3-27-16-8-5-14(6-9-16)19-23-24-20(28)25(19)11-10-18(26)22-17-12-15(21)7-4-13(17)2/h4-9,12H,3,10-11H2,1-2H3,(H,22,26)(H,24,28). The van der Waals surface area contributed by atoms with E-state index in [0.717, 1.165) is 16.9 Å². The minimum atomic E-state index is -0.393. The molecule has 0 spiro atoms. The number of aromatic amines is 1. The van der Waals surface area contributed by atoms with Crippen molar-refractivity contribution < 1.29 is 13.9 Å². The van der Waals surface area contributed by atoms with Crippen LogP contribution in [0.5, 0.6) is 5.75 Å². The lowest BCUT2D eigenvalue weighted by Crippen LogP contribution is -2.16. The molecule has 0 radical (unpaired) electrons. The Balaban J connectivity index is 1.71. The number of carbonyl (C=O) groups excluding carboxylic acids is 1. The molecule has 1 aromatic heterocycles. The molecule has 1 amide bonds. The first kappa shape index (κ1) is 19.8. The van der Waals surface area contributed by atoms with Gasteiger partial charge in [-0.1, -0.05) is 6.07 Å². The summed E-state index contributed by atoms with van der Waals surface area (Å²) in [6.45, 7) is 4.68. The van der Waals surface area contributed by atoms with Gasteiger partial charge in [-0.15, -0.1) is 0 Å². The molecule has 0 aliphatic heterocycles. The highest BCUT2D eigenvalue weighted by atomic mass is 32.1. The first-order valence-electron chi connectivity index (χ1n) is 8.92. The normalized spacial score (nSPS) is 10.7. The number of carbonyl (C=O) groups is 1. The number of aromatic nitrogens is 3. The van der Waals surface area contributed by atoms with Gasteiger partial charge in [0.25, 0.3) is 0 Å². The monoisotopic (exact) mass is 400 g/mol. The molecule has 2 aromatic carbocycles. The van der Waals surface area contributed by atoms with E-state index in [1.165, 1.54) is 12.1 Å². The predicted molar refractivity (Wildman–Crippen MR) is 108 cm³/mol. The van der Waals surface area contributed by atoms with Gasteiger partial charge in [0.15, 0.2) is 10.6 Å². The zero-order chi connectivity index (χ0) is 20.1. The van der Waals surface area contributed by atoms with Crippen LogP contribution < -0.4 is 10.1 Å². The Morgan fingerprint density at radius 3 is 2.75 bits per heavy atom. The molecule has 2 N–H and O–H groups in total. The lowest BCUT2D eigenvalue weighted by molar-refractivity contribution is -0.116. The molecule has 3 rings (SSSR count). The Morgan fingerprint density at radius 1 is 1.29 bits per heavy atom. The zero-order valence-electron chi connectivity index (χ0n) is 15.7. The van der Waals surface area contributed by atoms with Crippen LogP contribution in [-0.2, 0) is 11.3 Å². The maximum atomic E-state index is 13.4. The van der Waals surface area contributed by atoms with E-state index in [1.54, 1.807) is 10.6 Å². The minimum Gasteiger partial charge on any atom is -0.494 e. The lowest BCUT2D eigenvalue weighted by Gasteiger charge is -2.10. The summed E-state index contributed by atoms with van der Waals surface area (Å²) in [5, 5.41) is 9.78. The number of rotatable bonds is 7. The summed E-state index contributed by atoms with van der Waals surface area (Å²) in [5.74, 6) is 0.796. The van der Waals surface area contributed by atoms with Gasteiger partial charge in [-0.3, -0.25) is 14.5 Å². The summed E-state index contributed by atoms with van der Waals surface area (Å²) < 4.78 is 21.0. The van der Waals surface area contributed by atoms with Crippen molar-refractivity contribution in [3.8, 4) is 17.1 Å². The third-order valence-corrected chi connectivity index (χ3v) is 4.53. The molecular weight excluding hydrogens is 379 g/mol. The number of aryl methyl sites for hydroxylation is 1. The number of amides is 1. The van der Waals surface area contributed by atoms with Gasteiger partial charge < -0.3 is 10.1 Å². The number of hydrogen-bond donors (Lipinski definition) is 2. The fourth-order valence-corrected chi connectivity index (χ4v) is 2.99. The Kier molecular flexibility index (Phi) is 6.20. The van der Waals surface area contributed by atoms with Crippen LogP contribution in [0.4, 0.5) is 10.1 Å². The van der Waals surface area contributed by atoms with E-state index in [0.29, 0.717) is 29.4 Å². The van der Waals surface area contributed by atoms with Crippen LogP contribution in [0.25, 0.3) is 11.4 Å². The summed E-state index contributed by atoms with van der Waals surface area (Å²) in [6, 6.07) is 11.8. The van der Waals surface area contributed by atoms with Crippen molar-refractivity contribution in [1.82, 2.24) is 14.8 Å². The van der Waals surface area contributed by atoms with Crippen LogP contribution in [0, 0.1) is 17.5 Å². The minimum absolute atomic E-state index is 0.174. The topological polar surface area (TPSA) is 71.9 Å². The third-order valence-electron chi connectivity index (χ3n) is 4.22. The van der Waals surface area contributed by atoms with Crippen molar-refractivity contribution in [1.29, 1.82) is 0 Å². The fraction of sp³-hybridized carbons (Fsp3) is 0.250. The van der Waals surface area contributed by atoms with Gasteiger partial charge in [-0.05, 0) is 68.0 Å². The van der Waals surface area contributed by atoms with Crippen molar-refractivity contribution in [2.45, 2.75) is 26.8 Å². The first-order valence-corrected chi connectivity index (χ1v) is 9.33. The maximum Gasteiger partial charge on any atom is 0.226 e. The molecule has 0 saturated heterocycles. The highest BCUT2D eigenvalue weighted by Crippen LogP contribution is 2.22. The smallest absolute Gasteiger partial charge is 0.226 e. The molecule has 0 bridgehead atoms. The van der Waals surface area contributed by atoms with Gasteiger partial charge in [0, 0.05) is 24.2 Å². The number of nitrogens with one attached hydrogen (secondary N) is 2. The van der Waals surface area contributed by atoms with Crippen molar-refractivity contribution >= 4 is 23.8 Å². The Labute approximate surface area is 167 Å². The van der Waals surface area contributed by atoms with Gasteiger partial charge in [-0.2, -0.15) is 5.10 Å². The van der Waals surface area contributed by atoms with Gasteiger partial charge in [-0.25, -0.2) is 4.39 Å². The number of hydrogen-bond acceptors (Lipinski definition) is 4. The first-order chi connectivity index (χ1) is 13.5. The van der Waals surface area contributed by atoms with Crippen LogP contribution in [0.1, 0.15) is 18.9 Å². The number of ether oxygens (including phenoxy) is 1. The number of nitrogens with zero attached hydrogens (tertiary/aromatic N) is 2. The van der Waals surface area contributed by atoms with E-state index in [2.05, 4.69) is 15.5 Å². The Hall–Kier alpha value is -3.00. The second kappa shape index (κ2) is 8.79. The average molecular weight is 400 g/mol. The molecule has 0 aliphatic carbocycles. The quantitative estimate of drug-likeness (QED) is 0.574. The lowest BCUT2D eigenvalue weighted by atomic mass is 10.2. The molecule has 0 unspecified atom stereocenters. The average Bonchev–Trinajstić information content (AvgIpc) is 3.04. The van der Waals surface area contributed by atoms with Gasteiger partial charge in [0.2, 0.25) is 5.91 Å². The second-order valence-electron chi connectivity index (χ2n) is 6.22. The summed E-state index contributed by atoms with van der Waals surface area (Å²) in [6.07, 6.45) is 0.174. The van der Waals surface area contributed by atoms with Gasteiger partial charge in [0.05, 0.1) is 6.61 Å². The summed E-state index contributed by atoms with van der Waals surface area (Å²) in [4.78, 5) is 12.3. The van der Waals surface area contributed by atoms with Crippen molar-refractivity contribution in [3.63, 3.8) is 0 Å². The molecule has 6 nitrogen and oxygen atoms in total. The number of H-pyrrole nitrogens is 1. The van der Waals surface area contributed by atoms with Gasteiger partial charge >= 0.3 is 0 Å². The van der Waals surface area contributed by atoms with Crippen molar-refractivity contribution in [2.75, 3.05) is 11.9 Å². The molecule has 0 aliphatic rings. The van der Waals surface area contributed by atoms with E-state index in [1.807, 2.05) is 38.1 Å². The molecule has 0 atom stereocenters. The summed E-state index contributed by atoms with van der Waals surface area (Å²) in [7, 11) is 0. The number of anilines is 1. The second-order valence-corrected chi connectivity index (χ2v) is 6.61. The van der Waals surface area contributed by atoms with Crippen LogP contribution in [0.3, 0.4) is 0 Å². The molecule has 0 saturated carbocycles. The highest BCUT2D eigenvalue weighted by Gasteiger charge is 2.12. The maximum absolute atomic E-state index is 13.4. The fourth-order valence-electron chi connectivity index (χ4n) is 2.77. The predicted octanol–water partition coefficient (Wildman–Crippen LogP) is 4.48. The van der Waals surface area contributed by atoms with Crippen molar-refractivity contribution in [3.05, 3.63) is 58.6 Å². The number of halogens is 1. The summed E-state index contributed by atoms with van der Waals surface area (Å²) >= 11 is 5.30. The van der Waals surface area contributed by atoms with E-state index in [-0.39, 0.29) is 12.3 Å². The third kappa shape index (κ3) is 4.64. The van der Waals surface area contributed by atoms with E-state index < -0.39 is 5.82 Å². The highest BCUT2D eigenvalue weighted by molar-refractivity contribution is 7.71. The van der Waals surface area contributed by atoms with E-state index in [4.69, 9.17) is 17.0 Å². The largest absolute Gasteiger partial charge is 0.494 e. The SMILES string of the molecule is CCOc1ccc(-c2n[nH]c(=S)n2CCC(=O)Nc2cc(F)ccc2C)cc1. The van der Waals surface area contributed by atoms with Crippen LogP contribution in [-0.4, -0.2) is 27.3 Å². The van der Waals surface area contributed by atoms with Crippen LogP contribution in [0.2, 0.25) is 0 Å². The van der Waals surface area contributed by atoms with Gasteiger partial charge in [0.1, 0.15) is 11.6 Å². The number of benzene rings is 2. The zero-order valence-corrected chi connectivity index (χ0v) is 16.5. The molecule has 8 heteroatoms. The Morgan fingerprint density at radius 2 is 2.04 bits per heavy atom. The molecular formula is C20H21FN4O2S. The molecule has 146 valence electrons. The van der Waals surface area contributed by atoms with Crippen LogP contribution >= 0.6 is 12.2 Å². The molecule has 1 heterocycles. The molecule has 28 heavy (non-hydrogen) atoms. The van der Waals surface area contributed by atoms with Crippen LogP contribution in [0.15, 0.2) is 42.5 Å². The Bertz CT molecular complexity index is 1030. The van der Waals surface area contributed by atoms with Crippen molar-refractivity contribution in [2.24, 2.45) is 0 Å². The molecule has 3 aromatic rings. The summed E-state index contributed by atoms with van der Waals surface area (Å²) in [5.41, 5.74) is 2.12. The van der Waals surface area contributed by atoms with E-state index in [9.17, 15) is 9.18 Å². The van der Waals surface area contributed by atoms with E-state index >= 15 is 0 Å². The molecule has 0 fully saturated rings.